The van der Waals surface area contributed by atoms with Crippen LogP contribution in [0.25, 0.3) is 11.1 Å². The minimum Gasteiger partial charge on any atom is -0.507 e. The summed E-state index contributed by atoms with van der Waals surface area (Å²) in [4.78, 5) is 0. The number of aromatic hydroxyl groups is 2. The summed E-state index contributed by atoms with van der Waals surface area (Å²) in [6, 6.07) is 8.14. The van der Waals surface area contributed by atoms with Crippen molar-refractivity contribution in [2.75, 3.05) is 0 Å². The van der Waals surface area contributed by atoms with Gasteiger partial charge < -0.3 is 10.2 Å². The van der Waals surface area contributed by atoms with Crippen LogP contribution in [-0.2, 0) is 0 Å². The van der Waals surface area contributed by atoms with E-state index in [1.165, 1.54) is 0 Å². The minimum absolute atomic E-state index is 0.265. The Balaban J connectivity index is 2.67. The average molecular weight is 298 g/mol. The van der Waals surface area contributed by atoms with Crippen LogP contribution < -0.4 is 0 Å². The van der Waals surface area contributed by atoms with Gasteiger partial charge in [0.25, 0.3) is 0 Å². The standard InChI is InChI=1S/C20H26O2/c1-11(2)17-9-15(7-13(5)19(17)21)16-8-14(6)20(22)18(10-16)12(3)4/h7-12,21-22H,1-6H3. The third-order valence-electron chi connectivity index (χ3n) is 4.24. The number of aryl methyl sites for hydroxylation is 2. The quantitative estimate of drug-likeness (QED) is 0.771. The van der Waals surface area contributed by atoms with E-state index in [0.29, 0.717) is 11.5 Å². The number of phenolic OH excluding ortho intramolecular Hbond substituents is 2. The van der Waals surface area contributed by atoms with Crippen LogP contribution in [0.4, 0.5) is 0 Å². The molecule has 2 rings (SSSR count). The largest absolute Gasteiger partial charge is 0.507 e. The van der Waals surface area contributed by atoms with Gasteiger partial charge in [0.15, 0.2) is 0 Å². The molecule has 2 aromatic rings. The van der Waals surface area contributed by atoms with Gasteiger partial charge >= 0.3 is 0 Å². The number of hydrogen-bond donors (Lipinski definition) is 2. The fourth-order valence-corrected chi connectivity index (χ4v) is 2.83. The molecule has 0 bridgehead atoms. The Morgan fingerprint density at radius 2 is 0.955 bits per heavy atom. The van der Waals surface area contributed by atoms with Crippen LogP contribution in [0.2, 0.25) is 0 Å². The van der Waals surface area contributed by atoms with Crippen molar-refractivity contribution in [1.29, 1.82) is 0 Å². The molecular weight excluding hydrogens is 272 g/mol. The predicted molar refractivity (Wildman–Crippen MR) is 92.9 cm³/mol. The summed E-state index contributed by atoms with van der Waals surface area (Å²) < 4.78 is 0. The van der Waals surface area contributed by atoms with Crippen LogP contribution in [0.3, 0.4) is 0 Å². The number of benzene rings is 2. The number of phenols is 2. The summed E-state index contributed by atoms with van der Waals surface area (Å²) in [6.45, 7) is 12.2. The van der Waals surface area contributed by atoms with Crippen LogP contribution in [0, 0.1) is 13.8 Å². The van der Waals surface area contributed by atoms with Gasteiger partial charge in [0, 0.05) is 0 Å². The molecule has 2 N–H and O–H groups in total. The van der Waals surface area contributed by atoms with Crippen LogP contribution in [0.15, 0.2) is 24.3 Å². The lowest BCUT2D eigenvalue weighted by atomic mass is 9.90. The molecule has 0 aliphatic carbocycles. The Hall–Kier alpha value is -1.96. The number of rotatable bonds is 3. The van der Waals surface area contributed by atoms with Crippen molar-refractivity contribution < 1.29 is 10.2 Å². The molecule has 0 amide bonds. The van der Waals surface area contributed by atoms with Crippen molar-refractivity contribution >= 4 is 0 Å². The molecule has 0 aliphatic rings. The summed E-state index contributed by atoms with van der Waals surface area (Å²) in [5.41, 5.74) is 5.88. The fraction of sp³-hybridized carbons (Fsp3) is 0.400. The van der Waals surface area contributed by atoms with E-state index in [-0.39, 0.29) is 11.8 Å². The van der Waals surface area contributed by atoms with Crippen LogP contribution in [0.1, 0.15) is 61.8 Å². The summed E-state index contributed by atoms with van der Waals surface area (Å²) in [6.07, 6.45) is 0. The molecule has 118 valence electrons. The monoisotopic (exact) mass is 298 g/mol. The summed E-state index contributed by atoms with van der Waals surface area (Å²) in [5.74, 6) is 1.31. The van der Waals surface area contributed by atoms with Crippen LogP contribution in [0.5, 0.6) is 11.5 Å². The minimum atomic E-state index is 0.265. The zero-order valence-corrected chi connectivity index (χ0v) is 14.4. The first-order valence-corrected chi connectivity index (χ1v) is 7.89. The number of hydrogen-bond acceptors (Lipinski definition) is 2. The lowest BCUT2D eigenvalue weighted by Crippen LogP contribution is -1.95. The molecular formula is C20H26O2. The molecule has 0 unspecified atom stereocenters. The molecule has 0 aliphatic heterocycles. The molecule has 2 heteroatoms. The third kappa shape index (κ3) is 2.96. The van der Waals surface area contributed by atoms with Gasteiger partial charge in [-0.15, -0.1) is 0 Å². The van der Waals surface area contributed by atoms with Crippen molar-refractivity contribution in [2.45, 2.75) is 53.4 Å². The predicted octanol–water partition coefficient (Wildman–Crippen LogP) is 5.63. The van der Waals surface area contributed by atoms with E-state index in [0.717, 1.165) is 33.4 Å². The van der Waals surface area contributed by atoms with Gasteiger partial charge in [0.2, 0.25) is 0 Å². The molecule has 0 saturated carbocycles. The average Bonchev–Trinajstić information content (AvgIpc) is 2.43. The fourth-order valence-electron chi connectivity index (χ4n) is 2.83. The Morgan fingerprint density at radius 1 is 0.636 bits per heavy atom. The van der Waals surface area contributed by atoms with Gasteiger partial charge in [-0.05, 0) is 83.3 Å². The zero-order valence-electron chi connectivity index (χ0n) is 14.4. The zero-order chi connectivity index (χ0) is 16.6. The first-order chi connectivity index (χ1) is 10.2. The maximum absolute atomic E-state index is 10.2. The highest BCUT2D eigenvalue weighted by Crippen LogP contribution is 2.37. The van der Waals surface area contributed by atoms with Gasteiger partial charge in [-0.1, -0.05) is 27.7 Å². The van der Waals surface area contributed by atoms with Gasteiger partial charge in [-0.25, -0.2) is 0 Å². The van der Waals surface area contributed by atoms with E-state index in [2.05, 4.69) is 39.8 Å². The molecule has 0 spiro atoms. The maximum atomic E-state index is 10.2. The SMILES string of the molecule is Cc1cc(-c2cc(C)c(O)c(C(C)C)c2)cc(C(C)C)c1O. The Bertz CT molecular complexity index is 636. The Morgan fingerprint density at radius 3 is 1.23 bits per heavy atom. The van der Waals surface area contributed by atoms with Crippen LogP contribution >= 0.6 is 0 Å². The highest BCUT2D eigenvalue weighted by Gasteiger charge is 2.15. The van der Waals surface area contributed by atoms with Crippen molar-refractivity contribution in [3.63, 3.8) is 0 Å². The van der Waals surface area contributed by atoms with Crippen molar-refractivity contribution in [3.05, 3.63) is 46.5 Å². The van der Waals surface area contributed by atoms with E-state index in [1.807, 2.05) is 26.0 Å². The topological polar surface area (TPSA) is 40.5 Å². The van der Waals surface area contributed by atoms with Crippen molar-refractivity contribution in [2.24, 2.45) is 0 Å². The smallest absolute Gasteiger partial charge is 0.121 e. The summed E-state index contributed by atoms with van der Waals surface area (Å²) in [7, 11) is 0. The second-order valence-electron chi connectivity index (χ2n) is 6.77. The lowest BCUT2D eigenvalue weighted by molar-refractivity contribution is 0.460. The van der Waals surface area contributed by atoms with E-state index in [4.69, 9.17) is 0 Å². The summed E-state index contributed by atoms with van der Waals surface area (Å²) in [5, 5.41) is 20.5. The normalized spacial score (nSPS) is 11.5. The first kappa shape index (κ1) is 16.4. The van der Waals surface area contributed by atoms with E-state index in [1.54, 1.807) is 0 Å². The Labute approximate surface area is 133 Å². The van der Waals surface area contributed by atoms with Crippen molar-refractivity contribution in [3.8, 4) is 22.6 Å². The highest BCUT2D eigenvalue weighted by molar-refractivity contribution is 5.70. The molecule has 2 nitrogen and oxygen atoms in total. The van der Waals surface area contributed by atoms with Gasteiger partial charge in [-0.2, -0.15) is 0 Å². The summed E-state index contributed by atoms with van der Waals surface area (Å²) >= 11 is 0. The molecule has 0 atom stereocenters. The first-order valence-electron chi connectivity index (χ1n) is 7.89. The van der Waals surface area contributed by atoms with E-state index in [9.17, 15) is 10.2 Å². The lowest BCUT2D eigenvalue weighted by Gasteiger charge is -2.17. The second kappa shape index (κ2) is 6.04. The van der Waals surface area contributed by atoms with Crippen molar-refractivity contribution in [1.82, 2.24) is 0 Å². The second-order valence-corrected chi connectivity index (χ2v) is 6.77. The molecule has 0 heterocycles. The maximum Gasteiger partial charge on any atom is 0.121 e. The molecule has 0 aromatic heterocycles. The highest BCUT2D eigenvalue weighted by atomic mass is 16.3. The molecule has 0 fully saturated rings. The van der Waals surface area contributed by atoms with Gasteiger partial charge in [-0.3, -0.25) is 0 Å². The van der Waals surface area contributed by atoms with E-state index >= 15 is 0 Å². The molecule has 0 radical (unpaired) electrons. The van der Waals surface area contributed by atoms with E-state index < -0.39 is 0 Å². The Kier molecular flexibility index (Phi) is 4.50. The molecule has 0 saturated heterocycles. The van der Waals surface area contributed by atoms with Gasteiger partial charge in [0.05, 0.1) is 0 Å². The molecule has 2 aromatic carbocycles. The third-order valence-corrected chi connectivity index (χ3v) is 4.24. The van der Waals surface area contributed by atoms with Crippen LogP contribution in [-0.4, -0.2) is 10.2 Å². The molecule has 22 heavy (non-hydrogen) atoms. The van der Waals surface area contributed by atoms with Gasteiger partial charge in [0.1, 0.15) is 11.5 Å².